The molecule has 3 rings (SSSR count). The first-order valence-electron chi connectivity index (χ1n) is 5.28. The van der Waals surface area contributed by atoms with E-state index in [1.165, 1.54) is 12.1 Å². The van der Waals surface area contributed by atoms with Gasteiger partial charge in [0.1, 0.15) is 11.6 Å². The van der Waals surface area contributed by atoms with Gasteiger partial charge in [-0.2, -0.15) is 0 Å². The molecule has 0 amide bonds. The van der Waals surface area contributed by atoms with Crippen LogP contribution in [0.1, 0.15) is 0 Å². The van der Waals surface area contributed by atoms with E-state index in [0.717, 1.165) is 22.4 Å². The number of fused-ring (bicyclic) bond motifs is 1. The van der Waals surface area contributed by atoms with E-state index < -0.39 is 0 Å². The number of rotatable bonds is 1. The Morgan fingerprint density at radius 1 is 1.12 bits per heavy atom. The van der Waals surface area contributed by atoms with E-state index in [9.17, 15) is 4.39 Å². The summed E-state index contributed by atoms with van der Waals surface area (Å²) in [6.07, 6.45) is 3.44. The molecule has 2 aromatic heterocycles. The van der Waals surface area contributed by atoms with Gasteiger partial charge in [0, 0.05) is 25.0 Å². The number of benzene rings is 1. The molecule has 0 bridgehead atoms. The van der Waals surface area contributed by atoms with Crippen molar-refractivity contribution in [2.45, 2.75) is 0 Å². The minimum absolute atomic E-state index is 0.248. The molecule has 3 aromatic rings. The van der Waals surface area contributed by atoms with Gasteiger partial charge >= 0.3 is 0 Å². The quantitative estimate of drug-likeness (QED) is 0.640. The number of aryl methyl sites for hydroxylation is 1. The van der Waals surface area contributed by atoms with Gasteiger partial charge in [-0.05, 0) is 30.3 Å². The number of pyridine rings is 1. The summed E-state index contributed by atoms with van der Waals surface area (Å²) in [5.74, 6) is 0.565. The first-order chi connectivity index (χ1) is 8.25. The Labute approximate surface area is 97.6 Å². The van der Waals surface area contributed by atoms with Gasteiger partial charge in [-0.15, -0.1) is 0 Å². The van der Waals surface area contributed by atoms with E-state index in [0.29, 0.717) is 0 Å². The maximum Gasteiger partial charge on any atom is 0.140 e. The molecule has 1 aromatic carbocycles. The van der Waals surface area contributed by atoms with Crippen molar-refractivity contribution in [3.05, 3.63) is 48.5 Å². The topological polar surface area (TPSA) is 30.7 Å². The van der Waals surface area contributed by atoms with Crippen molar-refractivity contribution in [2.24, 2.45) is 7.05 Å². The van der Waals surface area contributed by atoms with Gasteiger partial charge in [-0.3, -0.25) is 4.98 Å². The summed E-state index contributed by atoms with van der Waals surface area (Å²) in [7, 11) is 1.88. The highest BCUT2D eigenvalue weighted by Gasteiger charge is 2.09. The highest BCUT2D eigenvalue weighted by Crippen LogP contribution is 2.23. The first-order valence-corrected chi connectivity index (χ1v) is 5.28. The van der Waals surface area contributed by atoms with Gasteiger partial charge in [-0.25, -0.2) is 9.37 Å². The van der Waals surface area contributed by atoms with Gasteiger partial charge in [0.2, 0.25) is 0 Å². The van der Waals surface area contributed by atoms with E-state index in [4.69, 9.17) is 0 Å². The molecule has 0 unspecified atom stereocenters. The normalized spacial score (nSPS) is 10.9. The Kier molecular flexibility index (Phi) is 2.14. The van der Waals surface area contributed by atoms with E-state index >= 15 is 0 Å². The van der Waals surface area contributed by atoms with Crippen LogP contribution in [0.15, 0.2) is 42.7 Å². The van der Waals surface area contributed by atoms with E-state index in [1.807, 2.05) is 23.7 Å². The molecule has 0 radical (unpaired) electrons. The molecule has 0 N–H and O–H groups in total. The third kappa shape index (κ3) is 1.58. The number of hydrogen-bond acceptors (Lipinski definition) is 2. The van der Waals surface area contributed by atoms with Crippen LogP contribution >= 0.6 is 0 Å². The van der Waals surface area contributed by atoms with Gasteiger partial charge < -0.3 is 4.57 Å². The lowest BCUT2D eigenvalue weighted by molar-refractivity contribution is 0.629. The van der Waals surface area contributed by atoms with Crippen LogP contribution in [0.25, 0.3) is 22.4 Å². The van der Waals surface area contributed by atoms with E-state index in [2.05, 4.69) is 9.97 Å². The summed E-state index contributed by atoms with van der Waals surface area (Å²) < 4.78 is 15.1. The molecule has 4 heteroatoms. The Bertz CT molecular complexity index is 674. The van der Waals surface area contributed by atoms with Crippen molar-refractivity contribution in [1.82, 2.24) is 14.5 Å². The molecular formula is C13H10FN3. The summed E-state index contributed by atoms with van der Waals surface area (Å²) >= 11 is 0. The molecule has 0 aliphatic heterocycles. The van der Waals surface area contributed by atoms with Gasteiger partial charge in [-0.1, -0.05) is 0 Å². The number of hydrogen-bond donors (Lipinski definition) is 0. The molecule has 0 aliphatic rings. The summed E-state index contributed by atoms with van der Waals surface area (Å²) in [5.41, 5.74) is 2.55. The van der Waals surface area contributed by atoms with Crippen molar-refractivity contribution < 1.29 is 4.39 Å². The SMILES string of the molecule is Cn1c(-c2ccncc2)nc2ccc(F)cc21. The largest absolute Gasteiger partial charge is 0.327 e. The Morgan fingerprint density at radius 2 is 1.88 bits per heavy atom. The van der Waals surface area contributed by atoms with Crippen LogP contribution in [0.4, 0.5) is 4.39 Å². The number of nitrogens with zero attached hydrogens (tertiary/aromatic N) is 3. The molecule has 3 nitrogen and oxygen atoms in total. The fraction of sp³-hybridized carbons (Fsp3) is 0.0769. The van der Waals surface area contributed by atoms with Crippen molar-refractivity contribution in [3.8, 4) is 11.4 Å². The fourth-order valence-electron chi connectivity index (χ4n) is 1.92. The summed E-state index contributed by atoms with van der Waals surface area (Å²) in [6.45, 7) is 0. The minimum Gasteiger partial charge on any atom is -0.327 e. The van der Waals surface area contributed by atoms with Crippen LogP contribution in [0.3, 0.4) is 0 Å². The zero-order valence-corrected chi connectivity index (χ0v) is 9.26. The molecule has 84 valence electrons. The average Bonchev–Trinajstić information content (AvgIpc) is 2.68. The van der Waals surface area contributed by atoms with E-state index in [1.54, 1.807) is 18.5 Å². The van der Waals surface area contributed by atoms with Crippen LogP contribution in [0.2, 0.25) is 0 Å². The van der Waals surface area contributed by atoms with Crippen LogP contribution in [0, 0.1) is 5.82 Å². The zero-order valence-electron chi connectivity index (χ0n) is 9.26. The number of imidazole rings is 1. The smallest absolute Gasteiger partial charge is 0.140 e. The average molecular weight is 227 g/mol. The summed E-state index contributed by atoms with van der Waals surface area (Å²) in [6, 6.07) is 8.38. The third-order valence-corrected chi connectivity index (χ3v) is 2.78. The molecule has 0 saturated carbocycles. The maximum absolute atomic E-state index is 13.2. The summed E-state index contributed by atoms with van der Waals surface area (Å²) in [5, 5.41) is 0. The number of aromatic nitrogens is 3. The standard InChI is InChI=1S/C13H10FN3/c1-17-12-8-10(14)2-3-11(12)16-13(17)9-4-6-15-7-5-9/h2-8H,1H3. The first kappa shape index (κ1) is 9.96. The predicted octanol–water partition coefficient (Wildman–Crippen LogP) is 2.77. The van der Waals surface area contributed by atoms with Crippen molar-refractivity contribution >= 4 is 11.0 Å². The second-order valence-corrected chi connectivity index (χ2v) is 3.86. The molecule has 17 heavy (non-hydrogen) atoms. The van der Waals surface area contributed by atoms with Crippen molar-refractivity contribution in [3.63, 3.8) is 0 Å². The maximum atomic E-state index is 13.2. The van der Waals surface area contributed by atoms with E-state index in [-0.39, 0.29) is 5.82 Å². The second-order valence-electron chi connectivity index (χ2n) is 3.86. The lowest BCUT2D eigenvalue weighted by atomic mass is 10.2. The highest BCUT2D eigenvalue weighted by molar-refractivity contribution is 5.80. The van der Waals surface area contributed by atoms with Crippen molar-refractivity contribution in [2.75, 3.05) is 0 Å². The molecule has 0 aliphatic carbocycles. The predicted molar refractivity (Wildman–Crippen MR) is 63.9 cm³/mol. The van der Waals surface area contributed by atoms with Crippen molar-refractivity contribution in [1.29, 1.82) is 0 Å². The molecule has 0 saturated heterocycles. The van der Waals surface area contributed by atoms with Crippen LogP contribution < -0.4 is 0 Å². The zero-order chi connectivity index (χ0) is 11.8. The fourth-order valence-corrected chi connectivity index (χ4v) is 1.92. The highest BCUT2D eigenvalue weighted by atomic mass is 19.1. The second kappa shape index (κ2) is 3.66. The Morgan fingerprint density at radius 3 is 2.65 bits per heavy atom. The van der Waals surface area contributed by atoms with Crippen LogP contribution in [-0.4, -0.2) is 14.5 Å². The number of halogens is 1. The molecule has 0 atom stereocenters. The van der Waals surface area contributed by atoms with Gasteiger partial charge in [0.15, 0.2) is 0 Å². The summed E-state index contributed by atoms with van der Waals surface area (Å²) in [4.78, 5) is 8.46. The lowest BCUT2D eigenvalue weighted by Crippen LogP contribution is -1.92. The monoisotopic (exact) mass is 227 g/mol. The Balaban J connectivity index is 2.28. The van der Waals surface area contributed by atoms with Crippen LogP contribution in [-0.2, 0) is 7.05 Å². The molecule has 2 heterocycles. The van der Waals surface area contributed by atoms with Gasteiger partial charge in [0.25, 0.3) is 0 Å². The van der Waals surface area contributed by atoms with Gasteiger partial charge in [0.05, 0.1) is 11.0 Å². The Hall–Kier alpha value is -2.23. The lowest BCUT2D eigenvalue weighted by Gasteiger charge is -2.01. The molecular weight excluding hydrogens is 217 g/mol. The minimum atomic E-state index is -0.248. The van der Waals surface area contributed by atoms with Crippen LogP contribution in [0.5, 0.6) is 0 Å². The molecule has 0 fully saturated rings. The molecule has 0 spiro atoms. The third-order valence-electron chi connectivity index (χ3n) is 2.78.